The average Bonchev–Trinajstić information content (AvgIpc) is 2.64. The third kappa shape index (κ3) is 4.18. The number of benzene rings is 1. The van der Waals surface area contributed by atoms with Crippen molar-refractivity contribution >= 4 is 17.5 Å². The molecule has 0 aromatic heterocycles. The zero-order valence-corrected chi connectivity index (χ0v) is 14.4. The Morgan fingerprint density at radius 1 is 1.32 bits per heavy atom. The molecule has 1 aromatic rings. The van der Waals surface area contributed by atoms with Gasteiger partial charge in [0.2, 0.25) is 0 Å². The predicted molar refractivity (Wildman–Crippen MR) is 93.5 cm³/mol. The van der Waals surface area contributed by atoms with Crippen LogP contribution in [-0.2, 0) is 14.3 Å². The molecule has 3 rings (SSSR count). The molecule has 2 aliphatic rings. The molecule has 2 fully saturated rings. The van der Waals surface area contributed by atoms with Gasteiger partial charge in [0.05, 0.1) is 12.7 Å². The van der Waals surface area contributed by atoms with Crippen molar-refractivity contribution in [3.05, 3.63) is 29.8 Å². The van der Waals surface area contributed by atoms with Gasteiger partial charge < -0.3 is 25.4 Å². The molecule has 3 N–H and O–H groups in total. The number of carbonyl (C=O) groups excluding carboxylic acids is 2. The number of nitrogens with two attached hydrogens (primary N) is 1. The highest BCUT2D eigenvalue weighted by Crippen LogP contribution is 2.21. The molecule has 1 aliphatic carbocycles. The van der Waals surface area contributed by atoms with Crippen molar-refractivity contribution in [2.45, 2.75) is 37.5 Å². The first-order valence-corrected chi connectivity index (χ1v) is 8.66. The number of carbonyl (C=O) groups is 2. The number of hydrogen-bond acceptors (Lipinski definition) is 5. The smallest absolute Gasteiger partial charge is 0.253 e. The van der Waals surface area contributed by atoms with E-state index in [2.05, 4.69) is 5.32 Å². The molecular formula is C18H25N3O4. The Morgan fingerprint density at radius 3 is 2.76 bits per heavy atom. The number of morpholine rings is 1. The normalized spacial score (nSPS) is 27.2. The number of anilines is 1. The predicted octanol–water partition coefficient (Wildman–Crippen LogP) is 0.674. The van der Waals surface area contributed by atoms with Crippen LogP contribution in [0.5, 0.6) is 0 Å². The third-order valence-corrected chi connectivity index (χ3v) is 4.93. The Labute approximate surface area is 147 Å². The van der Waals surface area contributed by atoms with Gasteiger partial charge in [-0.25, -0.2) is 0 Å². The van der Waals surface area contributed by atoms with Gasteiger partial charge >= 0.3 is 0 Å². The Bertz CT molecular complexity index is 619. The molecule has 3 atom stereocenters. The molecule has 2 amide bonds. The van der Waals surface area contributed by atoms with Crippen LogP contribution in [0.1, 0.15) is 29.6 Å². The zero-order valence-electron chi connectivity index (χ0n) is 14.4. The van der Waals surface area contributed by atoms with E-state index < -0.39 is 0 Å². The molecule has 0 spiro atoms. The molecule has 0 bridgehead atoms. The molecule has 1 heterocycles. The van der Waals surface area contributed by atoms with Crippen LogP contribution in [0.15, 0.2) is 24.3 Å². The highest BCUT2D eigenvalue weighted by atomic mass is 16.5. The molecule has 3 unspecified atom stereocenters. The van der Waals surface area contributed by atoms with E-state index >= 15 is 0 Å². The molecule has 0 radical (unpaired) electrons. The number of hydrogen-bond donors (Lipinski definition) is 2. The summed E-state index contributed by atoms with van der Waals surface area (Å²) >= 11 is 0. The van der Waals surface area contributed by atoms with Crippen LogP contribution in [0.4, 0.5) is 5.69 Å². The molecule has 1 saturated carbocycles. The summed E-state index contributed by atoms with van der Waals surface area (Å²) in [6, 6.07) is 6.89. The second kappa shape index (κ2) is 7.95. The first-order valence-electron chi connectivity index (χ1n) is 8.66. The summed E-state index contributed by atoms with van der Waals surface area (Å²) < 4.78 is 10.5. The molecule has 7 nitrogen and oxygen atoms in total. The number of amides is 2. The lowest BCUT2D eigenvalue weighted by Gasteiger charge is -2.33. The van der Waals surface area contributed by atoms with Gasteiger partial charge in [0.25, 0.3) is 11.8 Å². The van der Waals surface area contributed by atoms with E-state index in [4.69, 9.17) is 15.2 Å². The summed E-state index contributed by atoms with van der Waals surface area (Å²) in [6.45, 7) is 1.15. The Hall–Kier alpha value is -1.96. The fourth-order valence-electron chi connectivity index (χ4n) is 3.37. The Kier molecular flexibility index (Phi) is 5.67. The lowest BCUT2D eigenvalue weighted by molar-refractivity contribution is -0.125. The number of nitrogens with zero attached hydrogens (tertiary/aromatic N) is 1. The summed E-state index contributed by atoms with van der Waals surface area (Å²) in [7, 11) is 1.69. The minimum absolute atomic E-state index is 0.0550. The van der Waals surface area contributed by atoms with E-state index in [-0.39, 0.29) is 36.6 Å². The molecule has 1 aliphatic heterocycles. The van der Waals surface area contributed by atoms with Gasteiger partial charge in [-0.2, -0.15) is 0 Å². The monoisotopic (exact) mass is 347 g/mol. The standard InChI is InChI=1S/C18H25N3O4/c1-24-14-6-7-15(19)16(10-14)20-18(23)12-2-4-13(5-3-12)21-8-9-25-11-17(21)22/h2-5,14-16H,6-11,19H2,1H3,(H,20,23). The molecule has 1 aromatic carbocycles. The highest BCUT2D eigenvalue weighted by molar-refractivity contribution is 5.97. The first-order chi connectivity index (χ1) is 12.1. The maximum absolute atomic E-state index is 12.5. The lowest BCUT2D eigenvalue weighted by atomic mass is 9.88. The van der Waals surface area contributed by atoms with Gasteiger partial charge in [0.1, 0.15) is 6.61 Å². The quantitative estimate of drug-likeness (QED) is 0.835. The largest absolute Gasteiger partial charge is 0.381 e. The average molecular weight is 347 g/mol. The van der Waals surface area contributed by atoms with Gasteiger partial charge in [0.15, 0.2) is 0 Å². The Balaban J connectivity index is 1.63. The van der Waals surface area contributed by atoms with E-state index in [9.17, 15) is 9.59 Å². The minimum atomic E-state index is -0.156. The maximum Gasteiger partial charge on any atom is 0.253 e. The molecular weight excluding hydrogens is 322 g/mol. The van der Waals surface area contributed by atoms with Gasteiger partial charge in [-0.1, -0.05) is 0 Å². The Morgan fingerprint density at radius 2 is 2.08 bits per heavy atom. The summed E-state index contributed by atoms with van der Waals surface area (Å²) in [6.07, 6.45) is 2.62. The van der Waals surface area contributed by atoms with Gasteiger partial charge in [-0.05, 0) is 43.5 Å². The number of nitrogens with one attached hydrogen (secondary N) is 1. The van der Waals surface area contributed by atoms with Gasteiger partial charge in [0, 0.05) is 37.0 Å². The van der Waals surface area contributed by atoms with Crippen LogP contribution in [-0.4, -0.2) is 56.9 Å². The number of ether oxygens (including phenoxy) is 2. The number of methoxy groups -OCH3 is 1. The summed E-state index contributed by atoms with van der Waals surface area (Å²) in [5.41, 5.74) is 7.46. The van der Waals surface area contributed by atoms with Crippen molar-refractivity contribution in [1.29, 1.82) is 0 Å². The van der Waals surface area contributed by atoms with Crippen molar-refractivity contribution in [2.24, 2.45) is 5.73 Å². The van der Waals surface area contributed by atoms with E-state index in [1.54, 1.807) is 36.3 Å². The van der Waals surface area contributed by atoms with E-state index in [0.29, 0.717) is 18.7 Å². The fourth-order valence-corrected chi connectivity index (χ4v) is 3.37. The highest BCUT2D eigenvalue weighted by Gasteiger charge is 2.29. The van der Waals surface area contributed by atoms with E-state index in [0.717, 1.165) is 24.9 Å². The van der Waals surface area contributed by atoms with Crippen molar-refractivity contribution < 1.29 is 19.1 Å². The van der Waals surface area contributed by atoms with E-state index in [1.165, 1.54) is 0 Å². The van der Waals surface area contributed by atoms with Crippen molar-refractivity contribution in [2.75, 3.05) is 31.8 Å². The molecule has 7 heteroatoms. The van der Waals surface area contributed by atoms with Gasteiger partial charge in [-0.3, -0.25) is 9.59 Å². The third-order valence-electron chi connectivity index (χ3n) is 4.93. The van der Waals surface area contributed by atoms with Crippen molar-refractivity contribution in [3.63, 3.8) is 0 Å². The van der Waals surface area contributed by atoms with Crippen LogP contribution in [0.2, 0.25) is 0 Å². The second-order valence-electron chi connectivity index (χ2n) is 6.56. The molecule has 25 heavy (non-hydrogen) atoms. The van der Waals surface area contributed by atoms with E-state index in [1.807, 2.05) is 0 Å². The van der Waals surface area contributed by atoms with Crippen LogP contribution >= 0.6 is 0 Å². The zero-order chi connectivity index (χ0) is 17.8. The SMILES string of the molecule is COC1CCC(N)C(NC(=O)c2ccc(N3CCOCC3=O)cc2)C1. The van der Waals surface area contributed by atoms with Crippen LogP contribution < -0.4 is 16.0 Å². The van der Waals surface area contributed by atoms with Crippen molar-refractivity contribution in [3.8, 4) is 0 Å². The van der Waals surface area contributed by atoms with Crippen LogP contribution in [0.25, 0.3) is 0 Å². The maximum atomic E-state index is 12.5. The summed E-state index contributed by atoms with van der Waals surface area (Å²) in [4.78, 5) is 26.0. The molecule has 136 valence electrons. The topological polar surface area (TPSA) is 93.9 Å². The summed E-state index contributed by atoms with van der Waals surface area (Å²) in [5, 5.41) is 3.01. The summed E-state index contributed by atoms with van der Waals surface area (Å²) in [5.74, 6) is -0.223. The second-order valence-corrected chi connectivity index (χ2v) is 6.56. The minimum Gasteiger partial charge on any atom is -0.381 e. The van der Waals surface area contributed by atoms with Crippen LogP contribution in [0.3, 0.4) is 0 Å². The number of rotatable bonds is 4. The van der Waals surface area contributed by atoms with Gasteiger partial charge in [-0.15, -0.1) is 0 Å². The first kappa shape index (κ1) is 17.8. The lowest BCUT2D eigenvalue weighted by Crippen LogP contribution is -2.52. The fraction of sp³-hybridized carbons (Fsp3) is 0.556. The van der Waals surface area contributed by atoms with Crippen molar-refractivity contribution in [1.82, 2.24) is 5.32 Å². The van der Waals surface area contributed by atoms with Crippen LogP contribution in [0, 0.1) is 0 Å². The molecule has 1 saturated heterocycles.